The molecular weight excluding hydrogens is 812 g/mol. The maximum atomic E-state index is 11.6. The third-order valence-corrected chi connectivity index (χ3v) is 10.4. The molecule has 22 heteroatoms. The SMILES string of the molecule is CCCCCCCCCCCCCCCC[n+]1ccccc1.Cl.O=C(O)CC(C(=O)O)S(=O)(=O)OC(=O)CCC(=O)OS(=O)(=O)C(CC(=O)O)C(=O)O.[NaH].[NaH]. The van der Waals surface area contributed by atoms with Crippen molar-refractivity contribution in [1.82, 2.24) is 0 Å². The fraction of sp³-hybridized carbons (Fsp3) is 0.667. The summed E-state index contributed by atoms with van der Waals surface area (Å²) >= 11 is 0. The number of aryl methyl sites for hydroxylation is 1. The first kappa shape index (κ1) is 59.8. The zero-order valence-electron chi connectivity index (χ0n) is 29.8. The molecule has 0 fully saturated rings. The molecule has 0 saturated heterocycles. The molecule has 0 radical (unpaired) electrons. The van der Waals surface area contributed by atoms with E-state index in [1.165, 1.54) is 96.4 Å². The average Bonchev–Trinajstić information content (AvgIpc) is 3.05. The van der Waals surface area contributed by atoms with Gasteiger partial charge in [-0.3, -0.25) is 28.8 Å². The number of hydrogen-bond acceptors (Lipinski definition) is 12. The van der Waals surface area contributed by atoms with Gasteiger partial charge in [-0.25, -0.2) is 4.57 Å². The predicted octanol–water partition coefficient (Wildman–Crippen LogP) is 2.95. The van der Waals surface area contributed by atoms with Gasteiger partial charge in [0.05, 0.1) is 25.7 Å². The Morgan fingerprint density at radius 1 is 0.545 bits per heavy atom. The summed E-state index contributed by atoms with van der Waals surface area (Å²) in [6.07, 6.45) is 19.1. The zero-order chi connectivity index (χ0) is 39.6. The summed E-state index contributed by atoms with van der Waals surface area (Å²) in [5.41, 5.74) is 0. The van der Waals surface area contributed by atoms with Gasteiger partial charge in [-0.1, -0.05) is 90.0 Å². The molecule has 0 aromatic carbocycles. The van der Waals surface area contributed by atoms with Crippen molar-refractivity contribution in [3.63, 3.8) is 0 Å². The van der Waals surface area contributed by atoms with Gasteiger partial charge in [-0.15, -0.1) is 12.4 Å². The van der Waals surface area contributed by atoms with E-state index in [4.69, 9.17) is 20.4 Å². The molecule has 55 heavy (non-hydrogen) atoms. The van der Waals surface area contributed by atoms with Gasteiger partial charge in [0, 0.05) is 18.6 Å². The molecule has 0 spiro atoms. The summed E-state index contributed by atoms with van der Waals surface area (Å²) < 4.78 is 56.5. The van der Waals surface area contributed by atoms with Gasteiger partial charge in [0.1, 0.15) is 6.54 Å². The van der Waals surface area contributed by atoms with Crippen LogP contribution in [0.3, 0.4) is 0 Å². The first-order chi connectivity index (χ1) is 24.4. The second-order valence-corrected chi connectivity index (χ2v) is 15.4. The van der Waals surface area contributed by atoms with Gasteiger partial charge in [0.25, 0.3) is 0 Å². The standard InChI is InChI=1S/C21H38N.C12H14O16S2.ClH.2Na.2H/c1-2-3-4-5-6-7-8-9-10-11-12-13-14-16-19-22-20-17-15-18-21-22;13-7(14)3-5(11(19)20)29(23,24)27-9(17)1-2-10(18)28-30(25,26)6(12(21)22)4-8(15)16;;;;;/h15,17-18,20-21H,2-14,16,19H2,1H3;5-6H,1-4H2,(H,13,14)(H,15,16)(H,19,20)(H,21,22);1H;;;;/q+1;;;;;;. The number of rotatable bonds is 28. The molecule has 0 aliphatic heterocycles. The van der Waals surface area contributed by atoms with Crippen LogP contribution in [0.15, 0.2) is 30.6 Å². The molecule has 1 rings (SSSR count). The van der Waals surface area contributed by atoms with Crippen molar-refractivity contribution in [3.05, 3.63) is 30.6 Å². The van der Waals surface area contributed by atoms with Crippen molar-refractivity contribution in [2.24, 2.45) is 0 Å². The van der Waals surface area contributed by atoms with Crippen molar-refractivity contribution in [2.75, 3.05) is 0 Å². The Hall–Kier alpha value is -1.84. The predicted molar refractivity (Wildman–Crippen MR) is 205 cm³/mol. The summed E-state index contributed by atoms with van der Waals surface area (Å²) in [5, 5.41) is 29.1. The van der Waals surface area contributed by atoms with Crippen LogP contribution in [0.25, 0.3) is 0 Å². The average molecular weight is 867 g/mol. The molecule has 2 atom stereocenters. The van der Waals surface area contributed by atoms with Gasteiger partial charge in [0.15, 0.2) is 12.4 Å². The van der Waals surface area contributed by atoms with Crippen molar-refractivity contribution in [2.45, 2.75) is 140 Å². The molecule has 308 valence electrons. The van der Waals surface area contributed by atoms with Crippen molar-refractivity contribution in [3.8, 4) is 0 Å². The molecule has 1 aromatic heterocycles. The normalized spacial score (nSPS) is 11.7. The fourth-order valence-electron chi connectivity index (χ4n) is 4.68. The van der Waals surface area contributed by atoms with Crippen molar-refractivity contribution in [1.29, 1.82) is 0 Å². The Morgan fingerprint density at radius 2 is 0.855 bits per heavy atom. The summed E-state index contributed by atoms with van der Waals surface area (Å²) in [5.74, 6) is -11.5. The molecular formula is C33H55ClNNa2O16S2+. The minimum atomic E-state index is -5.28. The topological polar surface area (TPSA) is 274 Å². The summed E-state index contributed by atoms with van der Waals surface area (Å²) in [6.45, 7) is 3.47. The monoisotopic (exact) mass is 866 g/mol. The summed E-state index contributed by atoms with van der Waals surface area (Å²) in [7, 11) is -10.6. The molecule has 17 nitrogen and oxygen atoms in total. The van der Waals surface area contributed by atoms with E-state index in [0.29, 0.717) is 0 Å². The quantitative estimate of drug-likeness (QED) is 0.0408. The van der Waals surface area contributed by atoms with E-state index < -0.39 is 92.2 Å². The number of carbonyl (C=O) groups excluding carboxylic acids is 2. The number of carboxylic acid groups (broad SMARTS) is 4. The number of halogens is 1. The number of unbranched alkanes of at least 4 members (excludes halogenated alkanes) is 13. The zero-order valence-corrected chi connectivity index (χ0v) is 32.3. The molecule has 4 N–H and O–H groups in total. The van der Waals surface area contributed by atoms with Gasteiger partial charge < -0.3 is 28.8 Å². The molecule has 0 bridgehead atoms. The van der Waals surface area contributed by atoms with E-state index in [2.05, 4.69) is 50.4 Å². The van der Waals surface area contributed by atoms with Crippen LogP contribution in [-0.4, -0.2) is 143 Å². The maximum absolute atomic E-state index is 11.6. The van der Waals surface area contributed by atoms with Crippen molar-refractivity contribution >= 4 is 128 Å². The van der Waals surface area contributed by atoms with E-state index in [1.54, 1.807) is 0 Å². The van der Waals surface area contributed by atoms with E-state index in [-0.39, 0.29) is 71.5 Å². The Bertz CT molecular complexity index is 1420. The second kappa shape index (κ2) is 34.2. The Morgan fingerprint density at radius 3 is 1.15 bits per heavy atom. The van der Waals surface area contributed by atoms with Gasteiger partial charge in [-0.05, 0) is 6.42 Å². The molecule has 1 aromatic rings. The Labute approximate surface area is 373 Å². The minimum absolute atomic E-state index is 0. The van der Waals surface area contributed by atoms with Crippen LogP contribution in [0.2, 0.25) is 0 Å². The van der Waals surface area contributed by atoms with Gasteiger partial charge in [0.2, 0.25) is 10.5 Å². The Kier molecular flexibility index (Phi) is 37.2. The van der Waals surface area contributed by atoms with E-state index in [9.17, 15) is 45.6 Å². The molecule has 0 aliphatic rings. The van der Waals surface area contributed by atoms with Crippen LogP contribution in [0.4, 0.5) is 0 Å². The number of aromatic nitrogens is 1. The Balaban J connectivity index is -0.000000466. The van der Waals surface area contributed by atoms with Crippen LogP contribution in [0.1, 0.15) is 122 Å². The molecule has 0 aliphatic carbocycles. The number of pyridine rings is 1. The third kappa shape index (κ3) is 30.9. The van der Waals surface area contributed by atoms with Crippen LogP contribution in [0.5, 0.6) is 0 Å². The van der Waals surface area contributed by atoms with Gasteiger partial charge >= 0.3 is 115 Å². The van der Waals surface area contributed by atoms with Crippen LogP contribution >= 0.6 is 12.4 Å². The van der Waals surface area contributed by atoms with Crippen molar-refractivity contribution < 1.29 is 79.0 Å². The van der Waals surface area contributed by atoms with E-state index in [0.717, 1.165) is 0 Å². The third-order valence-electron chi connectivity index (χ3n) is 7.47. The molecule has 1 heterocycles. The van der Waals surface area contributed by atoms with Crippen LogP contribution in [-0.2, 0) is 63.9 Å². The molecule has 0 amide bonds. The number of aliphatic carboxylic acids is 4. The number of hydrogen-bond donors (Lipinski definition) is 4. The summed E-state index contributed by atoms with van der Waals surface area (Å²) in [4.78, 5) is 65.5. The summed E-state index contributed by atoms with van der Waals surface area (Å²) in [6, 6.07) is 6.31. The number of carbonyl (C=O) groups is 6. The van der Waals surface area contributed by atoms with E-state index in [1.807, 2.05) is 0 Å². The molecule has 2 unspecified atom stereocenters. The first-order valence-electron chi connectivity index (χ1n) is 17.2. The fourth-order valence-corrected chi connectivity index (χ4v) is 6.78. The first-order valence-corrected chi connectivity index (χ1v) is 20.1. The number of carboxylic acids is 4. The van der Waals surface area contributed by atoms with Crippen LogP contribution < -0.4 is 4.57 Å². The molecule has 0 saturated carbocycles. The number of nitrogens with zero attached hydrogens (tertiary/aromatic N) is 1. The second-order valence-electron chi connectivity index (χ2n) is 12.0. The van der Waals surface area contributed by atoms with E-state index >= 15 is 0 Å². The van der Waals surface area contributed by atoms with Crippen LogP contribution in [0, 0.1) is 0 Å². The van der Waals surface area contributed by atoms with Gasteiger partial charge in [-0.2, -0.15) is 16.8 Å².